The highest BCUT2D eigenvalue weighted by atomic mass is 16.6. The Morgan fingerprint density at radius 1 is 1.10 bits per heavy atom. The molecular formula is C17H32N2O2. The number of carbonyl (C=O) groups is 1. The fourth-order valence-electron chi connectivity index (χ4n) is 3.11. The monoisotopic (exact) mass is 296 g/mol. The second-order valence-electron chi connectivity index (χ2n) is 7.76. The molecule has 0 aromatic rings. The van der Waals surface area contributed by atoms with Crippen LogP contribution in [-0.4, -0.2) is 48.2 Å². The van der Waals surface area contributed by atoms with Crippen LogP contribution in [0.5, 0.6) is 0 Å². The van der Waals surface area contributed by atoms with Gasteiger partial charge in [0.25, 0.3) is 0 Å². The number of rotatable bonds is 6. The molecule has 0 aromatic heterocycles. The van der Waals surface area contributed by atoms with Crippen LogP contribution < -0.4 is 5.32 Å². The lowest BCUT2D eigenvalue weighted by molar-refractivity contribution is -0.155. The fraction of sp³-hybridized carbons (Fsp3) is 0.941. The molecule has 0 bridgehead atoms. The third kappa shape index (κ3) is 6.35. The van der Waals surface area contributed by atoms with Crippen molar-refractivity contribution >= 4 is 5.97 Å². The van der Waals surface area contributed by atoms with Gasteiger partial charge in [0.15, 0.2) is 0 Å². The molecule has 0 heterocycles. The summed E-state index contributed by atoms with van der Waals surface area (Å²) in [6, 6.07) is 2.18. The minimum Gasteiger partial charge on any atom is -0.460 e. The zero-order valence-corrected chi connectivity index (χ0v) is 14.2. The van der Waals surface area contributed by atoms with Crippen molar-refractivity contribution in [2.24, 2.45) is 0 Å². The molecule has 0 aromatic carbocycles. The van der Waals surface area contributed by atoms with E-state index in [0.29, 0.717) is 12.5 Å². The number of carbonyl (C=O) groups excluding carboxylic acids is 1. The van der Waals surface area contributed by atoms with Gasteiger partial charge < -0.3 is 15.0 Å². The number of ether oxygens (including phenoxy) is 1. The second-order valence-corrected chi connectivity index (χ2v) is 7.76. The Bertz CT molecular complexity index is 339. The van der Waals surface area contributed by atoms with Gasteiger partial charge in [0.1, 0.15) is 5.60 Å². The van der Waals surface area contributed by atoms with Crippen LogP contribution in [0.2, 0.25) is 0 Å². The van der Waals surface area contributed by atoms with Crippen LogP contribution in [0.3, 0.4) is 0 Å². The maximum Gasteiger partial charge on any atom is 0.307 e. The van der Waals surface area contributed by atoms with Crippen LogP contribution in [0.25, 0.3) is 0 Å². The van der Waals surface area contributed by atoms with Gasteiger partial charge in [-0.25, -0.2) is 0 Å². The highest BCUT2D eigenvalue weighted by molar-refractivity contribution is 5.70. The van der Waals surface area contributed by atoms with E-state index in [1.54, 1.807) is 0 Å². The van der Waals surface area contributed by atoms with Crippen molar-refractivity contribution in [1.82, 2.24) is 10.2 Å². The van der Waals surface area contributed by atoms with E-state index in [1.807, 2.05) is 20.8 Å². The van der Waals surface area contributed by atoms with Crippen molar-refractivity contribution in [2.75, 3.05) is 13.6 Å². The maximum atomic E-state index is 11.8. The van der Waals surface area contributed by atoms with Gasteiger partial charge >= 0.3 is 5.97 Å². The van der Waals surface area contributed by atoms with E-state index in [1.165, 1.54) is 38.5 Å². The summed E-state index contributed by atoms with van der Waals surface area (Å²) in [5.41, 5.74) is -0.373. The zero-order chi connectivity index (χ0) is 15.5. The van der Waals surface area contributed by atoms with Crippen LogP contribution in [0.4, 0.5) is 0 Å². The predicted molar refractivity (Wildman–Crippen MR) is 85.3 cm³/mol. The largest absolute Gasteiger partial charge is 0.460 e. The van der Waals surface area contributed by atoms with E-state index in [-0.39, 0.29) is 11.6 Å². The van der Waals surface area contributed by atoms with Gasteiger partial charge in [-0.2, -0.15) is 0 Å². The first-order chi connectivity index (χ1) is 9.83. The molecular weight excluding hydrogens is 264 g/mol. The number of hydrogen-bond acceptors (Lipinski definition) is 4. The Morgan fingerprint density at radius 2 is 1.62 bits per heavy atom. The van der Waals surface area contributed by atoms with Crippen LogP contribution in [0.15, 0.2) is 0 Å². The van der Waals surface area contributed by atoms with E-state index >= 15 is 0 Å². The molecule has 0 saturated heterocycles. The molecule has 0 unspecified atom stereocenters. The SMILES string of the molecule is CN(CCC(=O)OC(C)(C)C)C1CCC(NC2CC2)CC1. The van der Waals surface area contributed by atoms with Crippen molar-refractivity contribution < 1.29 is 9.53 Å². The molecule has 0 atom stereocenters. The van der Waals surface area contributed by atoms with Gasteiger partial charge in [0, 0.05) is 24.7 Å². The van der Waals surface area contributed by atoms with E-state index < -0.39 is 0 Å². The van der Waals surface area contributed by atoms with E-state index in [0.717, 1.165) is 18.6 Å². The molecule has 4 nitrogen and oxygen atoms in total. The molecule has 2 rings (SSSR count). The van der Waals surface area contributed by atoms with E-state index in [2.05, 4.69) is 17.3 Å². The van der Waals surface area contributed by atoms with Crippen molar-refractivity contribution in [3.63, 3.8) is 0 Å². The molecule has 0 spiro atoms. The third-order valence-corrected chi connectivity index (χ3v) is 4.46. The topological polar surface area (TPSA) is 41.6 Å². The summed E-state index contributed by atoms with van der Waals surface area (Å²) in [6.45, 7) is 6.56. The van der Waals surface area contributed by atoms with Gasteiger partial charge in [0.05, 0.1) is 6.42 Å². The highest BCUT2D eigenvalue weighted by Gasteiger charge is 2.29. The van der Waals surface area contributed by atoms with Gasteiger partial charge in [-0.15, -0.1) is 0 Å². The summed E-state index contributed by atoms with van der Waals surface area (Å²) >= 11 is 0. The molecule has 0 amide bonds. The Morgan fingerprint density at radius 3 is 2.10 bits per heavy atom. The fourth-order valence-corrected chi connectivity index (χ4v) is 3.11. The smallest absolute Gasteiger partial charge is 0.307 e. The van der Waals surface area contributed by atoms with Crippen LogP contribution in [-0.2, 0) is 9.53 Å². The highest BCUT2D eigenvalue weighted by Crippen LogP contribution is 2.27. The average molecular weight is 296 g/mol. The van der Waals surface area contributed by atoms with Crippen LogP contribution >= 0.6 is 0 Å². The lowest BCUT2D eigenvalue weighted by Gasteiger charge is -2.35. The van der Waals surface area contributed by atoms with Gasteiger partial charge in [0.2, 0.25) is 0 Å². The Kier molecular flexibility index (Phi) is 5.67. The standard InChI is InChI=1S/C17H32N2O2/c1-17(2,3)21-16(20)11-12-19(4)15-9-7-14(8-10-15)18-13-5-6-13/h13-15,18H,5-12H2,1-4H3. The summed E-state index contributed by atoms with van der Waals surface area (Å²) in [5.74, 6) is -0.0848. The second kappa shape index (κ2) is 7.10. The van der Waals surface area contributed by atoms with Gasteiger partial charge in [-0.1, -0.05) is 0 Å². The minimum absolute atomic E-state index is 0.0848. The Hall–Kier alpha value is -0.610. The number of esters is 1. The van der Waals surface area contributed by atoms with Crippen molar-refractivity contribution in [3.05, 3.63) is 0 Å². The first-order valence-corrected chi connectivity index (χ1v) is 8.51. The van der Waals surface area contributed by atoms with Crippen molar-refractivity contribution in [2.45, 2.75) is 89.4 Å². The van der Waals surface area contributed by atoms with E-state index in [9.17, 15) is 4.79 Å². The lowest BCUT2D eigenvalue weighted by Crippen LogP contribution is -2.42. The molecule has 0 aliphatic heterocycles. The summed E-state index contributed by atoms with van der Waals surface area (Å²) < 4.78 is 5.37. The summed E-state index contributed by atoms with van der Waals surface area (Å²) in [4.78, 5) is 14.1. The quantitative estimate of drug-likeness (QED) is 0.765. The lowest BCUT2D eigenvalue weighted by atomic mass is 9.90. The number of hydrogen-bond donors (Lipinski definition) is 1. The molecule has 2 fully saturated rings. The molecule has 122 valence electrons. The molecule has 2 aliphatic carbocycles. The molecule has 0 radical (unpaired) electrons. The summed E-state index contributed by atoms with van der Waals surface area (Å²) in [7, 11) is 2.14. The summed E-state index contributed by atoms with van der Waals surface area (Å²) in [6.07, 6.45) is 8.28. The molecule has 2 aliphatic rings. The average Bonchev–Trinajstić information content (AvgIpc) is 3.19. The Labute approximate surface area is 129 Å². The van der Waals surface area contributed by atoms with Gasteiger partial charge in [-0.3, -0.25) is 4.79 Å². The first kappa shape index (κ1) is 16.8. The molecule has 2 saturated carbocycles. The van der Waals surface area contributed by atoms with E-state index in [4.69, 9.17) is 4.74 Å². The van der Waals surface area contributed by atoms with Crippen molar-refractivity contribution in [1.29, 1.82) is 0 Å². The van der Waals surface area contributed by atoms with Gasteiger partial charge in [-0.05, 0) is 66.3 Å². The predicted octanol–water partition coefficient (Wildman–Crippen LogP) is 2.71. The first-order valence-electron chi connectivity index (χ1n) is 8.51. The third-order valence-electron chi connectivity index (χ3n) is 4.46. The van der Waals surface area contributed by atoms with Crippen LogP contribution in [0, 0.1) is 0 Å². The zero-order valence-electron chi connectivity index (χ0n) is 14.2. The van der Waals surface area contributed by atoms with Crippen LogP contribution in [0.1, 0.15) is 65.7 Å². The number of nitrogens with one attached hydrogen (secondary N) is 1. The minimum atomic E-state index is -0.373. The normalized spacial score (nSPS) is 26.9. The Balaban J connectivity index is 1.62. The maximum absolute atomic E-state index is 11.8. The molecule has 1 N–H and O–H groups in total. The van der Waals surface area contributed by atoms with Crippen molar-refractivity contribution in [3.8, 4) is 0 Å². The molecule has 4 heteroatoms. The summed E-state index contributed by atoms with van der Waals surface area (Å²) in [5, 5.41) is 3.74. The molecule has 21 heavy (non-hydrogen) atoms. The number of nitrogens with zero attached hydrogens (tertiary/aromatic N) is 1.